The third-order valence-corrected chi connectivity index (χ3v) is 2.03. The summed E-state index contributed by atoms with van der Waals surface area (Å²) in [5.41, 5.74) is 0.541. The molecule has 0 amide bonds. The van der Waals surface area contributed by atoms with E-state index in [2.05, 4.69) is 4.98 Å². The van der Waals surface area contributed by atoms with Crippen LogP contribution in [0.4, 0.5) is 0 Å². The quantitative estimate of drug-likeness (QED) is 0.680. The lowest BCUT2D eigenvalue weighted by atomic mass is 10.1. The van der Waals surface area contributed by atoms with Gasteiger partial charge in [-0.25, -0.2) is 9.78 Å². The zero-order valence-corrected chi connectivity index (χ0v) is 7.88. The van der Waals surface area contributed by atoms with Gasteiger partial charge in [-0.3, -0.25) is 0 Å². The molecule has 0 unspecified atom stereocenters. The van der Waals surface area contributed by atoms with Gasteiger partial charge in [0.05, 0.1) is 11.3 Å². The van der Waals surface area contributed by atoms with Crippen molar-refractivity contribution in [2.75, 3.05) is 0 Å². The van der Waals surface area contributed by atoms with Gasteiger partial charge in [-0.2, -0.15) is 0 Å². The van der Waals surface area contributed by atoms with Crippen molar-refractivity contribution in [2.24, 2.45) is 0 Å². The van der Waals surface area contributed by atoms with E-state index in [9.17, 15) is 9.90 Å². The first-order valence-corrected chi connectivity index (χ1v) is 3.92. The molecule has 1 aromatic heterocycles. The van der Waals surface area contributed by atoms with Crippen molar-refractivity contribution in [3.63, 3.8) is 0 Å². The minimum atomic E-state index is -1.12. The minimum Gasteiger partial charge on any atom is -0.504 e. The average Bonchev–Trinajstić information content (AvgIpc) is 1.99. The smallest absolute Gasteiger partial charge is 0.337 e. The van der Waals surface area contributed by atoms with Crippen molar-refractivity contribution in [1.82, 2.24) is 4.98 Å². The SMILES string of the molecule is Cc1nc(Cl)c(O)c(C)c1C(=O)O. The van der Waals surface area contributed by atoms with Gasteiger partial charge in [-0.15, -0.1) is 0 Å². The molecule has 0 saturated heterocycles. The number of aromatic nitrogens is 1. The zero-order valence-electron chi connectivity index (χ0n) is 7.13. The number of carbonyl (C=O) groups is 1. The number of hydrogen-bond acceptors (Lipinski definition) is 3. The van der Waals surface area contributed by atoms with Crippen molar-refractivity contribution >= 4 is 17.6 Å². The number of nitrogens with zero attached hydrogens (tertiary/aromatic N) is 1. The first kappa shape index (κ1) is 9.80. The Bertz CT molecular complexity index is 376. The second-order valence-electron chi connectivity index (χ2n) is 2.64. The fraction of sp³-hybridized carbons (Fsp3) is 0.250. The second-order valence-corrected chi connectivity index (χ2v) is 3.00. The normalized spacial score (nSPS) is 10.1. The van der Waals surface area contributed by atoms with Crippen LogP contribution in [0.5, 0.6) is 5.75 Å². The van der Waals surface area contributed by atoms with Gasteiger partial charge in [0, 0.05) is 5.56 Å². The molecule has 13 heavy (non-hydrogen) atoms. The molecular formula is C8H8ClNO3. The van der Waals surface area contributed by atoms with Crippen LogP contribution in [0.3, 0.4) is 0 Å². The van der Waals surface area contributed by atoms with E-state index in [1.54, 1.807) is 0 Å². The number of aromatic carboxylic acids is 1. The molecule has 0 bridgehead atoms. The van der Waals surface area contributed by atoms with Crippen molar-refractivity contribution in [2.45, 2.75) is 13.8 Å². The summed E-state index contributed by atoms with van der Waals surface area (Å²) in [6.07, 6.45) is 0. The highest BCUT2D eigenvalue weighted by Gasteiger charge is 2.17. The zero-order chi connectivity index (χ0) is 10.2. The standard InChI is InChI=1S/C8H8ClNO3/c1-3-5(8(12)13)4(2)10-7(9)6(3)11/h11H,1-2H3,(H,12,13). The number of rotatable bonds is 1. The Morgan fingerprint density at radius 1 is 1.46 bits per heavy atom. The molecule has 0 aromatic carbocycles. The van der Waals surface area contributed by atoms with Gasteiger partial charge in [0.15, 0.2) is 10.9 Å². The van der Waals surface area contributed by atoms with E-state index in [-0.39, 0.29) is 22.0 Å². The molecule has 0 fully saturated rings. The summed E-state index contributed by atoms with van der Waals surface area (Å²) < 4.78 is 0. The minimum absolute atomic E-state index is 0.00176. The van der Waals surface area contributed by atoms with Crippen LogP contribution < -0.4 is 0 Å². The van der Waals surface area contributed by atoms with Crippen LogP contribution in [0, 0.1) is 13.8 Å². The van der Waals surface area contributed by atoms with E-state index >= 15 is 0 Å². The van der Waals surface area contributed by atoms with Gasteiger partial charge < -0.3 is 10.2 Å². The number of hydrogen-bond donors (Lipinski definition) is 2. The lowest BCUT2D eigenvalue weighted by Crippen LogP contribution is -2.05. The molecule has 5 heteroatoms. The first-order chi connectivity index (χ1) is 5.95. The van der Waals surface area contributed by atoms with Crippen LogP contribution in [0.15, 0.2) is 0 Å². The molecule has 0 atom stereocenters. The summed E-state index contributed by atoms with van der Waals surface area (Å²) in [6.45, 7) is 3.01. The predicted molar refractivity (Wildman–Crippen MR) is 47.3 cm³/mol. The van der Waals surface area contributed by atoms with Crippen LogP contribution in [0.1, 0.15) is 21.6 Å². The lowest BCUT2D eigenvalue weighted by molar-refractivity contribution is 0.0694. The molecule has 1 rings (SSSR count). The highest BCUT2D eigenvalue weighted by molar-refractivity contribution is 6.31. The van der Waals surface area contributed by atoms with Crippen molar-refractivity contribution in [3.05, 3.63) is 22.0 Å². The van der Waals surface area contributed by atoms with Crippen molar-refractivity contribution < 1.29 is 15.0 Å². The van der Waals surface area contributed by atoms with E-state index in [1.165, 1.54) is 13.8 Å². The van der Waals surface area contributed by atoms with Crippen molar-refractivity contribution in [1.29, 1.82) is 0 Å². The third kappa shape index (κ3) is 1.58. The van der Waals surface area contributed by atoms with Crippen LogP contribution in [-0.2, 0) is 0 Å². The molecule has 0 radical (unpaired) electrons. The third-order valence-electron chi connectivity index (χ3n) is 1.77. The molecule has 2 N–H and O–H groups in total. The Morgan fingerprint density at radius 3 is 2.46 bits per heavy atom. The molecule has 4 nitrogen and oxygen atoms in total. The van der Waals surface area contributed by atoms with Crippen LogP contribution in [0.25, 0.3) is 0 Å². The lowest BCUT2D eigenvalue weighted by Gasteiger charge is -2.07. The summed E-state index contributed by atoms with van der Waals surface area (Å²) in [5.74, 6) is -1.39. The molecule has 0 aliphatic carbocycles. The van der Waals surface area contributed by atoms with E-state index in [0.717, 1.165) is 0 Å². The van der Waals surface area contributed by atoms with Gasteiger partial charge in [0.2, 0.25) is 0 Å². The second kappa shape index (κ2) is 3.22. The number of pyridine rings is 1. The van der Waals surface area contributed by atoms with Gasteiger partial charge in [-0.1, -0.05) is 11.6 Å². The number of aryl methyl sites for hydroxylation is 1. The van der Waals surface area contributed by atoms with Gasteiger partial charge >= 0.3 is 5.97 Å². The summed E-state index contributed by atoms with van der Waals surface area (Å²) in [4.78, 5) is 14.4. The largest absolute Gasteiger partial charge is 0.504 e. The number of carboxylic acids is 1. The molecular weight excluding hydrogens is 194 g/mol. The molecule has 1 aromatic rings. The van der Waals surface area contributed by atoms with E-state index in [4.69, 9.17) is 16.7 Å². The van der Waals surface area contributed by atoms with E-state index in [0.29, 0.717) is 5.69 Å². The first-order valence-electron chi connectivity index (χ1n) is 3.54. The predicted octanol–water partition coefficient (Wildman–Crippen LogP) is 1.76. The Hall–Kier alpha value is -1.29. The Balaban J connectivity index is 3.53. The van der Waals surface area contributed by atoms with Crippen LogP contribution in [0.2, 0.25) is 5.15 Å². The molecule has 1 heterocycles. The van der Waals surface area contributed by atoms with E-state index < -0.39 is 5.97 Å². The van der Waals surface area contributed by atoms with E-state index in [1.807, 2.05) is 0 Å². The number of carboxylic acid groups (broad SMARTS) is 1. The number of halogens is 1. The van der Waals surface area contributed by atoms with Gasteiger partial charge in [-0.05, 0) is 13.8 Å². The monoisotopic (exact) mass is 201 g/mol. The molecule has 0 aliphatic heterocycles. The molecule has 0 saturated carbocycles. The summed E-state index contributed by atoms with van der Waals surface area (Å²) >= 11 is 5.54. The topological polar surface area (TPSA) is 70.4 Å². The Kier molecular flexibility index (Phi) is 2.43. The Labute approximate surface area is 79.8 Å². The molecule has 0 spiro atoms. The maximum atomic E-state index is 10.7. The molecule has 0 aliphatic rings. The van der Waals surface area contributed by atoms with Crippen LogP contribution >= 0.6 is 11.6 Å². The van der Waals surface area contributed by atoms with Crippen LogP contribution in [-0.4, -0.2) is 21.2 Å². The average molecular weight is 202 g/mol. The maximum Gasteiger partial charge on any atom is 0.337 e. The fourth-order valence-corrected chi connectivity index (χ4v) is 1.38. The highest BCUT2D eigenvalue weighted by Crippen LogP contribution is 2.28. The summed E-state index contributed by atoms with van der Waals surface area (Å²) in [7, 11) is 0. The highest BCUT2D eigenvalue weighted by atomic mass is 35.5. The van der Waals surface area contributed by atoms with Gasteiger partial charge in [0.25, 0.3) is 0 Å². The summed E-state index contributed by atoms with van der Waals surface area (Å²) in [6, 6.07) is 0. The van der Waals surface area contributed by atoms with Crippen molar-refractivity contribution in [3.8, 4) is 5.75 Å². The summed E-state index contributed by atoms with van der Waals surface area (Å²) in [5, 5.41) is 18.0. The fourth-order valence-electron chi connectivity index (χ4n) is 1.12. The molecule has 70 valence electrons. The van der Waals surface area contributed by atoms with Gasteiger partial charge in [0.1, 0.15) is 0 Å². The number of aromatic hydroxyl groups is 1. The maximum absolute atomic E-state index is 10.7. The Morgan fingerprint density at radius 2 is 2.00 bits per heavy atom.